The van der Waals surface area contributed by atoms with Crippen molar-refractivity contribution in [3.05, 3.63) is 66.7 Å². The molecule has 0 saturated heterocycles. The number of carbonyl (C=O) groups is 1. The lowest BCUT2D eigenvalue weighted by Crippen LogP contribution is -2.04. The van der Waals surface area contributed by atoms with Crippen LogP contribution in [0, 0.1) is 0 Å². The van der Waals surface area contributed by atoms with Crippen LogP contribution in [0.15, 0.2) is 55.6 Å². The molecule has 0 unspecified atom stereocenters. The van der Waals surface area contributed by atoms with Crippen molar-refractivity contribution < 1.29 is 9.53 Å². The summed E-state index contributed by atoms with van der Waals surface area (Å²) in [6.07, 6.45) is 3.46. The maximum atomic E-state index is 11.3. The van der Waals surface area contributed by atoms with Gasteiger partial charge < -0.3 is 4.74 Å². The van der Waals surface area contributed by atoms with Gasteiger partial charge in [0.1, 0.15) is 5.75 Å². The van der Waals surface area contributed by atoms with E-state index < -0.39 is 0 Å². The van der Waals surface area contributed by atoms with Gasteiger partial charge in [0.05, 0.1) is 0 Å². The summed E-state index contributed by atoms with van der Waals surface area (Å²) in [5, 5.41) is 0. The molecular weight excluding hydrogens is 248 g/mol. The largest absolute Gasteiger partial charge is 0.425 e. The molecule has 0 amide bonds. The summed E-state index contributed by atoms with van der Waals surface area (Å²) in [4.78, 5) is 11.3. The average molecular weight is 264 g/mol. The minimum Gasteiger partial charge on any atom is -0.425 e. The van der Waals surface area contributed by atoms with E-state index in [0.717, 1.165) is 22.3 Å². The highest BCUT2D eigenvalue weighted by Crippen LogP contribution is 2.36. The summed E-state index contributed by atoms with van der Waals surface area (Å²) < 4.78 is 5.38. The number of para-hydroxylation sites is 1. The monoisotopic (exact) mass is 264 g/mol. The van der Waals surface area contributed by atoms with Gasteiger partial charge in [-0.05, 0) is 11.1 Å². The van der Waals surface area contributed by atoms with E-state index >= 15 is 0 Å². The van der Waals surface area contributed by atoms with Gasteiger partial charge in [0, 0.05) is 18.1 Å². The minimum absolute atomic E-state index is 0.350. The Hall–Kier alpha value is -2.61. The first kappa shape index (κ1) is 13.8. The quantitative estimate of drug-likeness (QED) is 0.597. The fourth-order valence-electron chi connectivity index (χ4n) is 2.11. The summed E-state index contributed by atoms with van der Waals surface area (Å²) in [6, 6.07) is 13.6. The number of rotatable bonds is 4. The van der Waals surface area contributed by atoms with Gasteiger partial charge in [-0.2, -0.15) is 0 Å². The Kier molecular flexibility index (Phi) is 4.16. The van der Waals surface area contributed by atoms with Crippen LogP contribution >= 0.6 is 0 Å². The van der Waals surface area contributed by atoms with Crippen molar-refractivity contribution in [2.24, 2.45) is 0 Å². The normalized spacial score (nSPS) is 9.85. The molecule has 100 valence electrons. The molecule has 0 fully saturated rings. The Balaban J connectivity index is 2.69. The van der Waals surface area contributed by atoms with Crippen molar-refractivity contribution >= 4 is 18.1 Å². The van der Waals surface area contributed by atoms with E-state index in [1.165, 1.54) is 6.92 Å². The fraction of sp³-hybridized carbons (Fsp3) is 0.0556. The first-order chi connectivity index (χ1) is 9.67. The lowest BCUT2D eigenvalue weighted by atomic mass is 9.97. The molecule has 2 nitrogen and oxygen atoms in total. The third-order valence-corrected chi connectivity index (χ3v) is 2.98. The van der Waals surface area contributed by atoms with Crippen LogP contribution in [0.2, 0.25) is 0 Å². The molecule has 0 aliphatic rings. The van der Waals surface area contributed by atoms with Gasteiger partial charge in [-0.3, -0.25) is 4.79 Å². The molecule has 20 heavy (non-hydrogen) atoms. The summed E-state index contributed by atoms with van der Waals surface area (Å²) >= 11 is 0. The third-order valence-electron chi connectivity index (χ3n) is 2.98. The Bertz CT molecular complexity index is 669. The zero-order chi connectivity index (χ0) is 14.5. The highest BCUT2D eigenvalue weighted by molar-refractivity contribution is 5.84. The van der Waals surface area contributed by atoms with Crippen molar-refractivity contribution in [2.75, 3.05) is 0 Å². The van der Waals surface area contributed by atoms with Crippen LogP contribution in [0.25, 0.3) is 23.3 Å². The highest BCUT2D eigenvalue weighted by Gasteiger charge is 2.13. The molecule has 2 aromatic rings. The molecule has 0 aliphatic heterocycles. The fourth-order valence-corrected chi connectivity index (χ4v) is 2.11. The van der Waals surface area contributed by atoms with Crippen LogP contribution in [0.5, 0.6) is 5.75 Å². The second-order valence-corrected chi connectivity index (χ2v) is 4.31. The highest BCUT2D eigenvalue weighted by atomic mass is 16.5. The Labute approximate surface area is 119 Å². The van der Waals surface area contributed by atoms with Crippen molar-refractivity contribution in [3.63, 3.8) is 0 Å². The van der Waals surface area contributed by atoms with Crippen molar-refractivity contribution in [1.82, 2.24) is 0 Å². The molecule has 0 spiro atoms. The second-order valence-electron chi connectivity index (χ2n) is 4.31. The minimum atomic E-state index is -0.350. The van der Waals surface area contributed by atoms with E-state index in [1.54, 1.807) is 12.2 Å². The Morgan fingerprint density at radius 3 is 2.20 bits per heavy atom. The topological polar surface area (TPSA) is 26.3 Å². The predicted octanol–water partition coefficient (Wildman–Crippen LogP) is 4.56. The molecule has 0 aromatic heterocycles. The van der Waals surface area contributed by atoms with E-state index in [4.69, 9.17) is 4.74 Å². The van der Waals surface area contributed by atoms with E-state index in [0.29, 0.717) is 5.75 Å². The summed E-state index contributed by atoms with van der Waals surface area (Å²) in [7, 11) is 0. The number of esters is 1. The van der Waals surface area contributed by atoms with Gasteiger partial charge >= 0.3 is 5.97 Å². The van der Waals surface area contributed by atoms with Gasteiger partial charge in [0.15, 0.2) is 0 Å². The number of hydrogen-bond acceptors (Lipinski definition) is 2. The van der Waals surface area contributed by atoms with Crippen LogP contribution < -0.4 is 4.74 Å². The molecule has 0 atom stereocenters. The van der Waals surface area contributed by atoms with E-state index in [9.17, 15) is 4.79 Å². The van der Waals surface area contributed by atoms with E-state index in [1.807, 2.05) is 42.5 Å². The first-order valence-electron chi connectivity index (χ1n) is 6.33. The molecule has 0 aliphatic carbocycles. The molecule has 2 rings (SSSR count). The van der Waals surface area contributed by atoms with Crippen LogP contribution in [0.4, 0.5) is 0 Å². The molecule has 2 heteroatoms. The van der Waals surface area contributed by atoms with Gasteiger partial charge in [0.2, 0.25) is 0 Å². The molecular formula is C18H16O2. The molecule has 0 radical (unpaired) electrons. The molecule has 0 heterocycles. The van der Waals surface area contributed by atoms with Crippen LogP contribution in [0.3, 0.4) is 0 Å². The predicted molar refractivity (Wildman–Crippen MR) is 83.4 cm³/mol. The third kappa shape index (κ3) is 2.69. The van der Waals surface area contributed by atoms with E-state index in [2.05, 4.69) is 13.2 Å². The molecule has 0 N–H and O–H groups in total. The lowest BCUT2D eigenvalue weighted by Gasteiger charge is -2.14. The van der Waals surface area contributed by atoms with Crippen molar-refractivity contribution in [3.8, 4) is 16.9 Å². The van der Waals surface area contributed by atoms with Gasteiger partial charge in [-0.1, -0.05) is 67.8 Å². The zero-order valence-corrected chi connectivity index (χ0v) is 11.4. The summed E-state index contributed by atoms with van der Waals surface area (Å²) in [6.45, 7) is 8.98. The number of hydrogen-bond donors (Lipinski definition) is 0. The molecule has 2 aromatic carbocycles. The van der Waals surface area contributed by atoms with Crippen molar-refractivity contribution in [1.29, 1.82) is 0 Å². The average Bonchev–Trinajstić information content (AvgIpc) is 2.47. The SMILES string of the molecule is C=Cc1ccccc1-c1cccc(C=C)c1OC(C)=O. The summed E-state index contributed by atoms with van der Waals surface area (Å²) in [5.74, 6) is 0.181. The van der Waals surface area contributed by atoms with Gasteiger partial charge in [-0.15, -0.1) is 0 Å². The van der Waals surface area contributed by atoms with Crippen molar-refractivity contribution in [2.45, 2.75) is 6.92 Å². The Morgan fingerprint density at radius 2 is 1.55 bits per heavy atom. The van der Waals surface area contributed by atoms with Crippen LogP contribution in [-0.4, -0.2) is 5.97 Å². The molecule has 0 saturated carbocycles. The van der Waals surface area contributed by atoms with Crippen LogP contribution in [-0.2, 0) is 4.79 Å². The smallest absolute Gasteiger partial charge is 0.308 e. The summed E-state index contributed by atoms with van der Waals surface area (Å²) in [5.41, 5.74) is 3.61. The molecule has 0 bridgehead atoms. The number of carbonyl (C=O) groups excluding carboxylic acids is 1. The number of benzene rings is 2. The van der Waals surface area contributed by atoms with Crippen LogP contribution in [0.1, 0.15) is 18.1 Å². The van der Waals surface area contributed by atoms with Gasteiger partial charge in [-0.25, -0.2) is 0 Å². The Morgan fingerprint density at radius 1 is 0.950 bits per heavy atom. The van der Waals surface area contributed by atoms with Gasteiger partial charge in [0.25, 0.3) is 0 Å². The zero-order valence-electron chi connectivity index (χ0n) is 11.4. The standard InChI is InChI=1S/C18H16O2/c1-4-14-9-6-7-11-16(14)17-12-8-10-15(5-2)18(17)20-13(3)19/h4-12H,1-2H2,3H3. The first-order valence-corrected chi connectivity index (χ1v) is 6.33. The van der Waals surface area contributed by atoms with E-state index in [-0.39, 0.29) is 5.97 Å². The second kappa shape index (κ2) is 6.02. The maximum Gasteiger partial charge on any atom is 0.308 e. The number of ether oxygens (including phenoxy) is 1. The maximum absolute atomic E-state index is 11.3. The lowest BCUT2D eigenvalue weighted by molar-refractivity contribution is -0.131.